The van der Waals surface area contributed by atoms with E-state index >= 15 is 0 Å². The molecule has 0 saturated heterocycles. The van der Waals surface area contributed by atoms with Gasteiger partial charge < -0.3 is 0 Å². The highest BCUT2D eigenvalue weighted by molar-refractivity contribution is 7.98. The Morgan fingerprint density at radius 2 is 1.87 bits per heavy atom. The van der Waals surface area contributed by atoms with Crippen molar-refractivity contribution in [2.45, 2.75) is 10.8 Å². The first kappa shape index (κ1) is 10.7. The SMILES string of the molecule is CSc1ccc(C2C=CC=CC2=S)cc1. The van der Waals surface area contributed by atoms with Crippen LogP contribution in [0.25, 0.3) is 0 Å². The van der Waals surface area contributed by atoms with Crippen molar-refractivity contribution >= 4 is 28.8 Å². The van der Waals surface area contributed by atoms with E-state index in [0.717, 1.165) is 4.86 Å². The third-order valence-electron chi connectivity index (χ3n) is 2.46. The highest BCUT2D eigenvalue weighted by Gasteiger charge is 2.12. The molecule has 0 aliphatic heterocycles. The zero-order valence-corrected chi connectivity index (χ0v) is 10.1. The van der Waals surface area contributed by atoms with Crippen molar-refractivity contribution in [3.8, 4) is 0 Å². The predicted octanol–water partition coefficient (Wildman–Crippen LogP) is 3.99. The predicted molar refractivity (Wildman–Crippen MR) is 71.8 cm³/mol. The van der Waals surface area contributed by atoms with E-state index in [9.17, 15) is 0 Å². The van der Waals surface area contributed by atoms with Gasteiger partial charge in [-0.3, -0.25) is 0 Å². The summed E-state index contributed by atoms with van der Waals surface area (Å²) in [6.07, 6.45) is 10.3. The Kier molecular flexibility index (Phi) is 3.39. The van der Waals surface area contributed by atoms with Crippen molar-refractivity contribution in [2.75, 3.05) is 6.26 Å². The van der Waals surface area contributed by atoms with Gasteiger partial charge in [-0.25, -0.2) is 0 Å². The number of hydrogen-bond donors (Lipinski definition) is 0. The fourth-order valence-corrected chi connectivity index (χ4v) is 2.31. The molecule has 1 aliphatic rings. The highest BCUT2D eigenvalue weighted by Crippen LogP contribution is 2.25. The molecule has 0 aromatic heterocycles. The van der Waals surface area contributed by atoms with Crippen molar-refractivity contribution in [3.05, 3.63) is 54.1 Å². The van der Waals surface area contributed by atoms with Crippen LogP contribution in [0.15, 0.2) is 53.5 Å². The molecule has 1 aromatic carbocycles. The summed E-state index contributed by atoms with van der Waals surface area (Å²) in [6, 6.07) is 8.61. The fraction of sp³-hybridized carbons (Fsp3) is 0.154. The van der Waals surface area contributed by atoms with E-state index in [1.165, 1.54) is 10.5 Å². The van der Waals surface area contributed by atoms with E-state index in [4.69, 9.17) is 12.2 Å². The van der Waals surface area contributed by atoms with Gasteiger partial charge in [0, 0.05) is 15.7 Å². The van der Waals surface area contributed by atoms with Gasteiger partial charge in [-0.2, -0.15) is 0 Å². The minimum absolute atomic E-state index is 0.279. The van der Waals surface area contributed by atoms with Gasteiger partial charge in [-0.1, -0.05) is 42.6 Å². The summed E-state index contributed by atoms with van der Waals surface area (Å²) in [7, 11) is 0. The molecule has 0 nitrogen and oxygen atoms in total. The number of thioether (sulfide) groups is 1. The van der Waals surface area contributed by atoms with Crippen molar-refractivity contribution in [1.82, 2.24) is 0 Å². The van der Waals surface area contributed by atoms with Crippen molar-refractivity contribution < 1.29 is 0 Å². The maximum absolute atomic E-state index is 5.33. The van der Waals surface area contributed by atoms with E-state index < -0.39 is 0 Å². The fourth-order valence-electron chi connectivity index (χ4n) is 1.61. The quantitative estimate of drug-likeness (QED) is 0.558. The van der Waals surface area contributed by atoms with Crippen LogP contribution in [0.1, 0.15) is 11.5 Å². The number of rotatable bonds is 2. The molecule has 0 radical (unpaired) electrons. The number of thiocarbonyl (C=S) groups is 1. The topological polar surface area (TPSA) is 0 Å². The Balaban J connectivity index is 2.26. The van der Waals surface area contributed by atoms with Crippen LogP contribution in [0.4, 0.5) is 0 Å². The minimum atomic E-state index is 0.279. The first-order chi connectivity index (χ1) is 7.31. The molecule has 76 valence electrons. The molecule has 0 fully saturated rings. The molecule has 1 aliphatic carbocycles. The van der Waals surface area contributed by atoms with Gasteiger partial charge in [0.25, 0.3) is 0 Å². The van der Waals surface area contributed by atoms with Crippen LogP contribution in [0.3, 0.4) is 0 Å². The van der Waals surface area contributed by atoms with Crippen LogP contribution in [-0.4, -0.2) is 11.1 Å². The van der Waals surface area contributed by atoms with Crippen LogP contribution < -0.4 is 0 Å². The maximum Gasteiger partial charge on any atom is 0.0375 e. The second kappa shape index (κ2) is 4.77. The molecule has 0 N–H and O–H groups in total. The van der Waals surface area contributed by atoms with Crippen LogP contribution >= 0.6 is 24.0 Å². The van der Waals surface area contributed by atoms with Crippen LogP contribution in [0, 0.1) is 0 Å². The molecule has 2 heteroatoms. The molecule has 0 spiro atoms. The third kappa shape index (κ3) is 2.39. The summed E-state index contributed by atoms with van der Waals surface area (Å²) in [5, 5.41) is 0. The first-order valence-electron chi connectivity index (χ1n) is 4.84. The smallest absolute Gasteiger partial charge is 0.0375 e. The lowest BCUT2D eigenvalue weighted by Crippen LogP contribution is -2.07. The summed E-state index contributed by atoms with van der Waals surface area (Å²) < 4.78 is 0. The van der Waals surface area contributed by atoms with Crippen LogP contribution in [0.2, 0.25) is 0 Å². The molecule has 0 amide bonds. The summed E-state index contributed by atoms with van der Waals surface area (Å²) in [4.78, 5) is 2.29. The average molecular weight is 232 g/mol. The van der Waals surface area contributed by atoms with Crippen LogP contribution in [-0.2, 0) is 0 Å². The molecule has 1 atom stereocenters. The summed E-state index contributed by atoms with van der Waals surface area (Å²) in [5.41, 5.74) is 1.28. The van der Waals surface area contributed by atoms with Crippen LogP contribution in [0.5, 0.6) is 0 Å². The van der Waals surface area contributed by atoms with Gasteiger partial charge in [0.2, 0.25) is 0 Å². The summed E-state index contributed by atoms with van der Waals surface area (Å²) in [5.74, 6) is 0.279. The normalized spacial score (nSPS) is 19.5. The standard InChI is InChI=1S/C13H12S2/c1-15-11-8-6-10(7-9-11)12-4-2-3-5-13(12)14/h2-9,12H,1H3. The van der Waals surface area contributed by atoms with Crippen molar-refractivity contribution in [2.24, 2.45) is 0 Å². The molecule has 1 aromatic rings. The lowest BCUT2D eigenvalue weighted by molar-refractivity contribution is 1.15. The molecule has 15 heavy (non-hydrogen) atoms. The van der Waals surface area contributed by atoms with Crippen molar-refractivity contribution in [1.29, 1.82) is 0 Å². The number of benzene rings is 1. The van der Waals surface area contributed by atoms with Gasteiger partial charge in [0.1, 0.15) is 0 Å². The minimum Gasteiger partial charge on any atom is -0.130 e. The summed E-state index contributed by atoms with van der Waals surface area (Å²) >= 11 is 7.09. The van der Waals surface area contributed by atoms with Gasteiger partial charge in [-0.15, -0.1) is 11.8 Å². The Bertz CT molecular complexity index is 413. The Morgan fingerprint density at radius 1 is 1.13 bits per heavy atom. The Hall–Kier alpha value is -0.860. The lowest BCUT2D eigenvalue weighted by Gasteiger charge is -2.14. The second-order valence-corrected chi connectivity index (χ2v) is 4.75. The zero-order valence-electron chi connectivity index (χ0n) is 8.51. The second-order valence-electron chi connectivity index (χ2n) is 3.40. The third-order valence-corrected chi connectivity index (χ3v) is 3.59. The Morgan fingerprint density at radius 3 is 2.47 bits per heavy atom. The largest absolute Gasteiger partial charge is 0.130 e. The zero-order chi connectivity index (χ0) is 10.7. The molecular weight excluding hydrogens is 220 g/mol. The molecule has 2 rings (SSSR count). The molecular formula is C13H12S2. The van der Waals surface area contributed by atoms with E-state index in [0.29, 0.717) is 0 Å². The monoisotopic (exact) mass is 232 g/mol. The van der Waals surface area contributed by atoms with E-state index in [1.807, 2.05) is 12.2 Å². The molecule has 0 saturated carbocycles. The van der Waals surface area contributed by atoms with Gasteiger partial charge in [-0.05, 0) is 30.0 Å². The van der Waals surface area contributed by atoms with E-state index in [1.54, 1.807) is 11.8 Å². The maximum atomic E-state index is 5.33. The average Bonchev–Trinajstić information content (AvgIpc) is 2.30. The molecule has 0 heterocycles. The number of hydrogen-bond acceptors (Lipinski definition) is 2. The first-order valence-corrected chi connectivity index (χ1v) is 6.47. The Labute approximate surface area is 100 Å². The van der Waals surface area contributed by atoms with Gasteiger partial charge >= 0.3 is 0 Å². The molecule has 1 unspecified atom stereocenters. The van der Waals surface area contributed by atoms with Crippen molar-refractivity contribution in [3.63, 3.8) is 0 Å². The van der Waals surface area contributed by atoms with Gasteiger partial charge in [0.15, 0.2) is 0 Å². The lowest BCUT2D eigenvalue weighted by atomic mass is 9.92. The molecule has 0 bridgehead atoms. The highest BCUT2D eigenvalue weighted by atomic mass is 32.2. The van der Waals surface area contributed by atoms with E-state index in [-0.39, 0.29) is 5.92 Å². The summed E-state index contributed by atoms with van der Waals surface area (Å²) in [6.45, 7) is 0. The van der Waals surface area contributed by atoms with E-state index in [2.05, 4.69) is 42.7 Å². The van der Waals surface area contributed by atoms with Gasteiger partial charge in [0.05, 0.1) is 0 Å². The number of allylic oxidation sites excluding steroid dienone is 4.